The molecule has 0 saturated heterocycles. The van der Waals surface area contributed by atoms with Crippen molar-refractivity contribution in [2.75, 3.05) is 6.54 Å². The smallest absolute Gasteiger partial charge is 0.269 e. The zero-order valence-corrected chi connectivity index (χ0v) is 6.92. The first kappa shape index (κ1) is 10.2. The molecule has 0 spiro atoms. The van der Waals surface area contributed by atoms with E-state index in [2.05, 4.69) is 13.5 Å². The minimum absolute atomic E-state index is 0.401. The van der Waals surface area contributed by atoms with Gasteiger partial charge in [0.25, 0.3) is 5.91 Å². The predicted molar refractivity (Wildman–Crippen MR) is 43.2 cm³/mol. The van der Waals surface area contributed by atoms with Crippen molar-refractivity contribution in [2.24, 2.45) is 0 Å². The molecule has 0 aliphatic rings. The average molecular weight is 157 g/mol. The standard InChI is InChI=1S/C8H15NO2/c1-3-5-6-7-9(11)8(10)4-2/h4,11H,2-3,5-7H2,1H3. The van der Waals surface area contributed by atoms with Crippen LogP contribution < -0.4 is 0 Å². The Balaban J connectivity index is 3.43. The quantitative estimate of drug-likeness (QED) is 0.285. The Morgan fingerprint density at radius 2 is 2.27 bits per heavy atom. The van der Waals surface area contributed by atoms with Crippen LogP contribution >= 0.6 is 0 Å². The maximum atomic E-state index is 10.7. The van der Waals surface area contributed by atoms with Gasteiger partial charge in [0.15, 0.2) is 0 Å². The molecule has 0 aliphatic carbocycles. The third kappa shape index (κ3) is 4.56. The molecule has 11 heavy (non-hydrogen) atoms. The molecule has 64 valence electrons. The Bertz CT molecular complexity index is 134. The second-order valence-electron chi connectivity index (χ2n) is 2.37. The first-order valence-electron chi connectivity index (χ1n) is 3.85. The van der Waals surface area contributed by atoms with Gasteiger partial charge in [-0.05, 0) is 12.5 Å². The topological polar surface area (TPSA) is 40.5 Å². The van der Waals surface area contributed by atoms with Crippen molar-refractivity contribution in [1.82, 2.24) is 5.06 Å². The van der Waals surface area contributed by atoms with E-state index in [1.807, 2.05) is 0 Å². The van der Waals surface area contributed by atoms with Gasteiger partial charge >= 0.3 is 0 Å². The summed E-state index contributed by atoms with van der Waals surface area (Å²) in [5, 5.41) is 9.65. The summed E-state index contributed by atoms with van der Waals surface area (Å²) in [4.78, 5) is 10.7. The molecular weight excluding hydrogens is 142 g/mol. The maximum Gasteiger partial charge on any atom is 0.269 e. The summed E-state index contributed by atoms with van der Waals surface area (Å²) in [7, 11) is 0. The highest BCUT2D eigenvalue weighted by Gasteiger charge is 2.03. The molecule has 0 radical (unpaired) electrons. The van der Waals surface area contributed by atoms with E-state index in [1.165, 1.54) is 0 Å². The fraction of sp³-hybridized carbons (Fsp3) is 0.625. The predicted octanol–water partition coefficient (Wildman–Crippen LogP) is 1.58. The number of amides is 1. The van der Waals surface area contributed by atoms with Gasteiger partial charge < -0.3 is 0 Å². The van der Waals surface area contributed by atoms with Crippen molar-refractivity contribution in [3.05, 3.63) is 12.7 Å². The average Bonchev–Trinajstić information content (AvgIpc) is 2.03. The Kier molecular flexibility index (Phi) is 5.47. The summed E-state index contributed by atoms with van der Waals surface area (Å²) in [5.74, 6) is -0.430. The molecule has 0 aromatic heterocycles. The van der Waals surface area contributed by atoms with Gasteiger partial charge in [0, 0.05) is 6.54 Å². The first-order valence-corrected chi connectivity index (χ1v) is 3.85. The first-order chi connectivity index (χ1) is 5.22. The van der Waals surface area contributed by atoms with E-state index in [4.69, 9.17) is 5.21 Å². The molecule has 0 saturated carbocycles. The molecule has 1 amide bonds. The molecule has 3 heteroatoms. The van der Waals surface area contributed by atoms with Gasteiger partial charge in [-0.15, -0.1) is 0 Å². The molecule has 0 aromatic carbocycles. The SMILES string of the molecule is C=CC(=O)N(O)CCCCC. The third-order valence-electron chi connectivity index (χ3n) is 1.40. The molecule has 0 atom stereocenters. The van der Waals surface area contributed by atoms with Crippen LogP contribution in [0.5, 0.6) is 0 Å². The zero-order valence-electron chi connectivity index (χ0n) is 6.92. The maximum absolute atomic E-state index is 10.7. The summed E-state index contributed by atoms with van der Waals surface area (Å²) in [6, 6.07) is 0. The van der Waals surface area contributed by atoms with Gasteiger partial charge in [-0.2, -0.15) is 0 Å². The molecular formula is C8H15NO2. The Hall–Kier alpha value is -0.830. The number of hydrogen-bond donors (Lipinski definition) is 1. The largest absolute Gasteiger partial charge is 0.286 e. The number of hydroxylamine groups is 2. The van der Waals surface area contributed by atoms with Crippen molar-refractivity contribution in [3.63, 3.8) is 0 Å². The van der Waals surface area contributed by atoms with Crippen LogP contribution in [0.3, 0.4) is 0 Å². The minimum atomic E-state index is -0.430. The van der Waals surface area contributed by atoms with Gasteiger partial charge in [0.1, 0.15) is 0 Å². The monoisotopic (exact) mass is 157 g/mol. The highest BCUT2D eigenvalue weighted by Crippen LogP contribution is 1.96. The summed E-state index contributed by atoms with van der Waals surface area (Å²) >= 11 is 0. The van der Waals surface area contributed by atoms with Crippen LogP contribution in [-0.4, -0.2) is 22.7 Å². The van der Waals surface area contributed by atoms with Crippen LogP contribution in [0.25, 0.3) is 0 Å². The summed E-state index contributed by atoms with van der Waals surface area (Å²) in [5.41, 5.74) is 0. The summed E-state index contributed by atoms with van der Waals surface area (Å²) in [6.45, 7) is 5.73. The number of unbranched alkanes of at least 4 members (excludes halogenated alkanes) is 2. The minimum Gasteiger partial charge on any atom is -0.286 e. The molecule has 0 bridgehead atoms. The number of hydrogen-bond acceptors (Lipinski definition) is 2. The number of nitrogens with zero attached hydrogens (tertiary/aromatic N) is 1. The number of carbonyl (C=O) groups is 1. The van der Waals surface area contributed by atoms with Gasteiger partial charge in [0.05, 0.1) is 0 Å². The number of rotatable bonds is 5. The fourth-order valence-electron chi connectivity index (χ4n) is 0.727. The van der Waals surface area contributed by atoms with E-state index in [0.29, 0.717) is 11.6 Å². The molecule has 0 aromatic rings. The van der Waals surface area contributed by atoms with Gasteiger partial charge in [-0.1, -0.05) is 26.3 Å². The Morgan fingerprint density at radius 3 is 2.73 bits per heavy atom. The normalized spacial score (nSPS) is 9.27. The summed E-state index contributed by atoms with van der Waals surface area (Å²) < 4.78 is 0. The van der Waals surface area contributed by atoms with Crippen molar-refractivity contribution in [2.45, 2.75) is 26.2 Å². The Labute approximate surface area is 67.3 Å². The molecule has 0 rings (SSSR count). The lowest BCUT2D eigenvalue weighted by molar-refractivity contribution is -0.159. The second-order valence-corrected chi connectivity index (χ2v) is 2.37. The van der Waals surface area contributed by atoms with Crippen molar-refractivity contribution in [1.29, 1.82) is 0 Å². The van der Waals surface area contributed by atoms with E-state index < -0.39 is 5.91 Å². The van der Waals surface area contributed by atoms with Crippen LogP contribution in [0.1, 0.15) is 26.2 Å². The van der Waals surface area contributed by atoms with E-state index in [1.54, 1.807) is 0 Å². The molecule has 0 aliphatic heterocycles. The van der Waals surface area contributed by atoms with Crippen LogP contribution in [0.15, 0.2) is 12.7 Å². The molecule has 1 N–H and O–H groups in total. The lowest BCUT2D eigenvalue weighted by Crippen LogP contribution is -2.26. The second kappa shape index (κ2) is 5.92. The molecule has 0 unspecified atom stereocenters. The van der Waals surface area contributed by atoms with Gasteiger partial charge in [-0.3, -0.25) is 10.0 Å². The molecule has 3 nitrogen and oxygen atoms in total. The lowest BCUT2D eigenvalue weighted by Gasteiger charge is -2.11. The molecule has 0 heterocycles. The van der Waals surface area contributed by atoms with Crippen LogP contribution in [0, 0.1) is 0 Å². The van der Waals surface area contributed by atoms with Crippen LogP contribution in [0.4, 0.5) is 0 Å². The van der Waals surface area contributed by atoms with Crippen LogP contribution in [0.2, 0.25) is 0 Å². The molecule has 0 fully saturated rings. The van der Waals surface area contributed by atoms with E-state index in [0.717, 1.165) is 25.3 Å². The Morgan fingerprint density at radius 1 is 1.64 bits per heavy atom. The fourth-order valence-corrected chi connectivity index (χ4v) is 0.727. The highest BCUT2D eigenvalue weighted by molar-refractivity contribution is 5.85. The van der Waals surface area contributed by atoms with Gasteiger partial charge in [0.2, 0.25) is 0 Å². The van der Waals surface area contributed by atoms with Crippen LogP contribution in [-0.2, 0) is 4.79 Å². The lowest BCUT2D eigenvalue weighted by atomic mass is 10.2. The number of carbonyl (C=O) groups excluding carboxylic acids is 1. The zero-order chi connectivity index (χ0) is 8.69. The third-order valence-corrected chi connectivity index (χ3v) is 1.40. The van der Waals surface area contributed by atoms with E-state index in [9.17, 15) is 4.79 Å². The van der Waals surface area contributed by atoms with Crippen molar-refractivity contribution in [3.8, 4) is 0 Å². The summed E-state index contributed by atoms with van der Waals surface area (Å²) in [6.07, 6.45) is 4.05. The van der Waals surface area contributed by atoms with Crippen molar-refractivity contribution >= 4 is 5.91 Å². The van der Waals surface area contributed by atoms with Crippen molar-refractivity contribution < 1.29 is 10.0 Å². The van der Waals surface area contributed by atoms with E-state index in [-0.39, 0.29) is 0 Å². The van der Waals surface area contributed by atoms with E-state index >= 15 is 0 Å². The highest BCUT2D eigenvalue weighted by atomic mass is 16.5. The van der Waals surface area contributed by atoms with Gasteiger partial charge in [-0.25, -0.2) is 5.06 Å².